The fourth-order valence-corrected chi connectivity index (χ4v) is 3.59. The molecule has 3 rings (SSSR count). The molecule has 1 aliphatic rings. The molecule has 2 aromatic rings. The summed E-state index contributed by atoms with van der Waals surface area (Å²) in [5.74, 6) is 1.09. The number of carbonyl (C=O) groups is 2. The Morgan fingerprint density at radius 2 is 1.62 bits per heavy atom. The summed E-state index contributed by atoms with van der Waals surface area (Å²) < 4.78 is 5.11. The molecular weight excluding hydrogens is 366 g/mol. The standard InChI is InChI=1S/C23H29N3O3/c1-16-5-3-4-6-21(16)26-22(27)15-24-18-9-7-17(8-10-18)23(28)25-19-11-13-20(29-2)14-12-19/h7-14,16,21,24H,3-6,15H2,1-2H3,(H,25,28)(H,26,27). The van der Waals surface area contributed by atoms with Gasteiger partial charge in [0.2, 0.25) is 5.91 Å². The average molecular weight is 396 g/mol. The van der Waals surface area contributed by atoms with Crippen molar-refractivity contribution in [3.05, 3.63) is 54.1 Å². The smallest absolute Gasteiger partial charge is 0.255 e. The molecular formula is C23H29N3O3. The molecule has 2 amide bonds. The maximum absolute atomic E-state index is 12.4. The largest absolute Gasteiger partial charge is 0.497 e. The lowest BCUT2D eigenvalue weighted by Crippen LogP contribution is -2.43. The summed E-state index contributed by atoms with van der Waals surface area (Å²) >= 11 is 0. The Labute approximate surface area is 172 Å². The van der Waals surface area contributed by atoms with Crippen molar-refractivity contribution in [2.75, 3.05) is 24.3 Å². The van der Waals surface area contributed by atoms with Gasteiger partial charge in [-0.15, -0.1) is 0 Å². The van der Waals surface area contributed by atoms with E-state index in [1.54, 1.807) is 55.6 Å². The van der Waals surface area contributed by atoms with E-state index in [2.05, 4.69) is 22.9 Å². The first-order valence-electron chi connectivity index (χ1n) is 10.1. The number of carbonyl (C=O) groups excluding carboxylic acids is 2. The molecule has 2 unspecified atom stereocenters. The van der Waals surface area contributed by atoms with Gasteiger partial charge in [-0.05, 0) is 67.3 Å². The highest BCUT2D eigenvalue weighted by atomic mass is 16.5. The fourth-order valence-electron chi connectivity index (χ4n) is 3.59. The van der Waals surface area contributed by atoms with Gasteiger partial charge in [-0.3, -0.25) is 9.59 Å². The summed E-state index contributed by atoms with van der Waals surface area (Å²) in [6.45, 7) is 2.42. The van der Waals surface area contributed by atoms with E-state index < -0.39 is 0 Å². The highest BCUT2D eigenvalue weighted by Crippen LogP contribution is 2.23. The normalized spacial score (nSPS) is 18.6. The van der Waals surface area contributed by atoms with Gasteiger partial charge in [0.05, 0.1) is 13.7 Å². The first-order valence-corrected chi connectivity index (χ1v) is 10.1. The summed E-state index contributed by atoms with van der Waals surface area (Å²) in [6, 6.07) is 14.5. The van der Waals surface area contributed by atoms with Crippen LogP contribution in [-0.2, 0) is 4.79 Å². The number of anilines is 2. The molecule has 1 fully saturated rings. The minimum atomic E-state index is -0.189. The van der Waals surface area contributed by atoms with E-state index in [4.69, 9.17) is 4.74 Å². The van der Waals surface area contributed by atoms with Crippen molar-refractivity contribution >= 4 is 23.2 Å². The van der Waals surface area contributed by atoms with E-state index >= 15 is 0 Å². The molecule has 6 nitrogen and oxygen atoms in total. The molecule has 0 bridgehead atoms. The van der Waals surface area contributed by atoms with Crippen LogP contribution in [0.3, 0.4) is 0 Å². The van der Waals surface area contributed by atoms with Crippen molar-refractivity contribution in [2.24, 2.45) is 5.92 Å². The first kappa shape index (κ1) is 20.7. The summed E-state index contributed by atoms with van der Waals surface area (Å²) in [4.78, 5) is 24.6. The third-order valence-electron chi connectivity index (χ3n) is 5.41. The highest BCUT2D eigenvalue weighted by molar-refractivity contribution is 6.04. The molecule has 0 radical (unpaired) electrons. The van der Waals surface area contributed by atoms with E-state index in [9.17, 15) is 9.59 Å². The molecule has 0 aromatic heterocycles. The van der Waals surface area contributed by atoms with Crippen LogP contribution in [0.2, 0.25) is 0 Å². The third-order valence-corrected chi connectivity index (χ3v) is 5.41. The monoisotopic (exact) mass is 395 g/mol. The predicted octanol–water partition coefficient (Wildman–Crippen LogP) is 4.05. The van der Waals surface area contributed by atoms with Gasteiger partial charge in [0, 0.05) is 23.0 Å². The van der Waals surface area contributed by atoms with Crippen LogP contribution in [-0.4, -0.2) is 31.5 Å². The van der Waals surface area contributed by atoms with Crippen LogP contribution in [0.25, 0.3) is 0 Å². The molecule has 154 valence electrons. The van der Waals surface area contributed by atoms with Gasteiger partial charge in [0.25, 0.3) is 5.91 Å². The molecule has 1 saturated carbocycles. The number of hydrogen-bond donors (Lipinski definition) is 3. The SMILES string of the molecule is COc1ccc(NC(=O)c2ccc(NCC(=O)NC3CCCCC3C)cc2)cc1. The minimum Gasteiger partial charge on any atom is -0.497 e. The summed E-state index contributed by atoms with van der Waals surface area (Å²) in [7, 11) is 1.60. The van der Waals surface area contributed by atoms with Gasteiger partial charge in [-0.25, -0.2) is 0 Å². The van der Waals surface area contributed by atoms with Gasteiger partial charge >= 0.3 is 0 Å². The van der Waals surface area contributed by atoms with Crippen LogP contribution in [0.15, 0.2) is 48.5 Å². The zero-order valence-corrected chi connectivity index (χ0v) is 17.0. The molecule has 0 spiro atoms. The maximum atomic E-state index is 12.4. The van der Waals surface area contributed by atoms with Crippen LogP contribution in [0.4, 0.5) is 11.4 Å². The lowest BCUT2D eigenvalue weighted by Gasteiger charge is -2.29. The van der Waals surface area contributed by atoms with E-state index in [0.717, 1.165) is 17.9 Å². The molecule has 0 saturated heterocycles. The van der Waals surface area contributed by atoms with Gasteiger partial charge in [-0.1, -0.05) is 19.8 Å². The number of methoxy groups -OCH3 is 1. The van der Waals surface area contributed by atoms with Crippen molar-refractivity contribution < 1.29 is 14.3 Å². The van der Waals surface area contributed by atoms with Crippen molar-refractivity contribution in [1.82, 2.24) is 5.32 Å². The average Bonchev–Trinajstić information content (AvgIpc) is 2.75. The molecule has 29 heavy (non-hydrogen) atoms. The molecule has 1 aliphatic carbocycles. The quantitative estimate of drug-likeness (QED) is 0.661. The number of amides is 2. The maximum Gasteiger partial charge on any atom is 0.255 e. The van der Waals surface area contributed by atoms with Crippen molar-refractivity contribution in [2.45, 2.75) is 38.6 Å². The Balaban J connectivity index is 1.47. The summed E-state index contributed by atoms with van der Waals surface area (Å²) in [5.41, 5.74) is 2.05. The van der Waals surface area contributed by atoms with Crippen LogP contribution in [0.1, 0.15) is 43.0 Å². The molecule has 2 aromatic carbocycles. The van der Waals surface area contributed by atoms with Gasteiger partial charge in [0.15, 0.2) is 0 Å². The Kier molecular flexibility index (Phi) is 7.11. The van der Waals surface area contributed by atoms with E-state index in [1.165, 1.54) is 19.3 Å². The van der Waals surface area contributed by atoms with Crippen molar-refractivity contribution in [3.63, 3.8) is 0 Å². The summed E-state index contributed by atoms with van der Waals surface area (Å²) in [5, 5.41) is 9.10. The Morgan fingerprint density at radius 3 is 2.28 bits per heavy atom. The topological polar surface area (TPSA) is 79.5 Å². The van der Waals surface area contributed by atoms with Gasteiger partial charge < -0.3 is 20.7 Å². The Hall–Kier alpha value is -3.02. The van der Waals surface area contributed by atoms with Crippen molar-refractivity contribution in [3.8, 4) is 5.75 Å². The zero-order chi connectivity index (χ0) is 20.6. The molecule has 6 heteroatoms. The second-order valence-corrected chi connectivity index (χ2v) is 7.55. The predicted molar refractivity (Wildman–Crippen MR) is 115 cm³/mol. The number of rotatable bonds is 7. The summed E-state index contributed by atoms with van der Waals surface area (Å²) in [6.07, 6.45) is 4.68. The Morgan fingerprint density at radius 1 is 0.966 bits per heavy atom. The molecule has 0 aliphatic heterocycles. The third kappa shape index (κ3) is 5.98. The lowest BCUT2D eigenvalue weighted by molar-refractivity contribution is -0.120. The number of ether oxygens (including phenoxy) is 1. The minimum absolute atomic E-state index is 0.00470. The highest BCUT2D eigenvalue weighted by Gasteiger charge is 2.22. The fraction of sp³-hybridized carbons (Fsp3) is 0.391. The van der Waals surface area contributed by atoms with Gasteiger partial charge in [-0.2, -0.15) is 0 Å². The second-order valence-electron chi connectivity index (χ2n) is 7.55. The van der Waals surface area contributed by atoms with Crippen LogP contribution >= 0.6 is 0 Å². The Bertz CT molecular complexity index is 818. The molecule has 2 atom stereocenters. The van der Waals surface area contributed by atoms with E-state index in [-0.39, 0.29) is 24.4 Å². The zero-order valence-electron chi connectivity index (χ0n) is 17.0. The van der Waals surface area contributed by atoms with Crippen molar-refractivity contribution in [1.29, 1.82) is 0 Å². The van der Waals surface area contributed by atoms with Gasteiger partial charge in [0.1, 0.15) is 5.75 Å². The lowest BCUT2D eigenvalue weighted by atomic mass is 9.86. The van der Waals surface area contributed by atoms with Crippen LogP contribution in [0.5, 0.6) is 5.75 Å². The first-order chi connectivity index (χ1) is 14.0. The van der Waals surface area contributed by atoms with E-state index in [1.807, 2.05) is 0 Å². The number of benzene rings is 2. The number of hydrogen-bond acceptors (Lipinski definition) is 4. The van der Waals surface area contributed by atoms with Crippen LogP contribution < -0.4 is 20.7 Å². The number of nitrogens with one attached hydrogen (secondary N) is 3. The van der Waals surface area contributed by atoms with Crippen LogP contribution in [0, 0.1) is 5.92 Å². The van der Waals surface area contributed by atoms with E-state index in [0.29, 0.717) is 17.2 Å². The second kappa shape index (κ2) is 9.96. The molecule has 0 heterocycles. The molecule has 3 N–H and O–H groups in total.